The number of nitrogens with zero attached hydrogens (tertiary/aromatic N) is 1. The monoisotopic (exact) mass is 483 g/mol. The molecule has 1 atom stereocenters. The van der Waals surface area contributed by atoms with Crippen LogP contribution in [0.4, 0.5) is 0 Å². The quantitative estimate of drug-likeness (QED) is 0.379. The zero-order valence-electron chi connectivity index (χ0n) is 21.0. The maximum atomic E-state index is 13.7. The van der Waals surface area contributed by atoms with Crippen LogP contribution in [-0.4, -0.2) is 49.7 Å². The molecule has 0 radical (unpaired) electrons. The lowest BCUT2D eigenvalue weighted by Crippen LogP contribution is -2.47. The van der Waals surface area contributed by atoms with Crippen molar-refractivity contribution >= 4 is 20.5 Å². The Kier molecular flexibility index (Phi) is 8.20. The molecule has 1 fully saturated rings. The number of hydrogen-bond acceptors (Lipinski definition) is 5. The molecule has 1 N–H and O–H groups in total. The van der Waals surface area contributed by atoms with Crippen molar-refractivity contribution in [2.45, 2.75) is 70.8 Å². The first-order valence-electron chi connectivity index (χ1n) is 12.0. The Morgan fingerprint density at radius 2 is 1.88 bits per heavy atom. The molecule has 0 bridgehead atoms. The molecule has 184 valence electrons. The SMILES string of the molecule is CC(C)(C)[Si](C)(C)OCc1ccccc1C(=O)N1CCCC[C@H]1COc1cccc(O)c1C=O. The van der Waals surface area contributed by atoms with Gasteiger partial charge in [-0.25, -0.2) is 0 Å². The Hall–Kier alpha value is -2.64. The summed E-state index contributed by atoms with van der Waals surface area (Å²) in [7, 11) is -1.96. The Bertz CT molecular complexity index is 1010. The van der Waals surface area contributed by atoms with E-state index in [4.69, 9.17) is 9.16 Å². The summed E-state index contributed by atoms with van der Waals surface area (Å²) in [6, 6.07) is 12.3. The molecule has 1 aliphatic heterocycles. The smallest absolute Gasteiger partial charge is 0.254 e. The van der Waals surface area contributed by atoms with Crippen LogP contribution >= 0.6 is 0 Å². The van der Waals surface area contributed by atoms with Crippen LogP contribution in [0.3, 0.4) is 0 Å². The molecule has 34 heavy (non-hydrogen) atoms. The van der Waals surface area contributed by atoms with Crippen LogP contribution in [0.25, 0.3) is 0 Å². The minimum Gasteiger partial charge on any atom is -0.507 e. The number of benzene rings is 2. The number of ether oxygens (including phenoxy) is 1. The maximum Gasteiger partial charge on any atom is 0.254 e. The first-order valence-corrected chi connectivity index (χ1v) is 14.9. The van der Waals surface area contributed by atoms with Crippen molar-refractivity contribution in [1.29, 1.82) is 0 Å². The number of phenols is 1. The summed E-state index contributed by atoms with van der Waals surface area (Å²) in [5.41, 5.74) is 1.70. The van der Waals surface area contributed by atoms with Gasteiger partial charge in [0.2, 0.25) is 0 Å². The highest BCUT2D eigenvalue weighted by molar-refractivity contribution is 6.74. The zero-order valence-corrected chi connectivity index (χ0v) is 22.0. The van der Waals surface area contributed by atoms with Crippen LogP contribution < -0.4 is 4.74 Å². The van der Waals surface area contributed by atoms with Gasteiger partial charge < -0.3 is 19.2 Å². The number of aldehydes is 1. The summed E-state index contributed by atoms with van der Waals surface area (Å²) in [5, 5.41) is 10.0. The molecule has 0 unspecified atom stereocenters. The van der Waals surface area contributed by atoms with Crippen molar-refractivity contribution in [3.63, 3.8) is 0 Å². The molecule has 1 amide bonds. The van der Waals surface area contributed by atoms with E-state index in [9.17, 15) is 14.7 Å². The van der Waals surface area contributed by atoms with Crippen molar-refractivity contribution in [1.82, 2.24) is 4.90 Å². The predicted octanol–water partition coefficient (Wildman–Crippen LogP) is 5.80. The molecular formula is C27H37NO5Si. The van der Waals surface area contributed by atoms with Crippen molar-refractivity contribution in [3.05, 3.63) is 59.2 Å². The third-order valence-electron chi connectivity index (χ3n) is 7.12. The van der Waals surface area contributed by atoms with E-state index in [-0.39, 0.29) is 34.9 Å². The number of hydrogen-bond donors (Lipinski definition) is 1. The molecule has 2 aromatic rings. The zero-order chi connectivity index (χ0) is 24.9. The lowest BCUT2D eigenvalue weighted by molar-refractivity contribution is 0.0524. The molecule has 0 aliphatic carbocycles. The number of piperidine rings is 1. The lowest BCUT2D eigenvalue weighted by atomic mass is 9.99. The van der Waals surface area contributed by atoms with Crippen LogP contribution in [0, 0.1) is 0 Å². The topological polar surface area (TPSA) is 76.1 Å². The molecule has 0 spiro atoms. The molecule has 1 aliphatic rings. The molecular weight excluding hydrogens is 446 g/mol. The van der Waals surface area contributed by atoms with Gasteiger partial charge in [-0.05, 0) is 61.2 Å². The average Bonchev–Trinajstić information content (AvgIpc) is 2.80. The second-order valence-corrected chi connectivity index (χ2v) is 15.3. The van der Waals surface area contributed by atoms with Crippen LogP contribution in [-0.2, 0) is 11.0 Å². The lowest BCUT2D eigenvalue weighted by Gasteiger charge is -2.37. The van der Waals surface area contributed by atoms with E-state index < -0.39 is 8.32 Å². The van der Waals surface area contributed by atoms with E-state index in [1.165, 1.54) is 6.07 Å². The summed E-state index contributed by atoms with van der Waals surface area (Å²) >= 11 is 0. The van der Waals surface area contributed by atoms with Gasteiger partial charge in [-0.15, -0.1) is 0 Å². The average molecular weight is 484 g/mol. The highest BCUT2D eigenvalue weighted by Crippen LogP contribution is 2.37. The summed E-state index contributed by atoms with van der Waals surface area (Å²) < 4.78 is 12.3. The predicted molar refractivity (Wildman–Crippen MR) is 136 cm³/mol. The number of amides is 1. The van der Waals surface area contributed by atoms with E-state index in [2.05, 4.69) is 33.9 Å². The Balaban J connectivity index is 1.76. The second-order valence-electron chi connectivity index (χ2n) is 10.5. The highest BCUT2D eigenvalue weighted by atomic mass is 28.4. The minimum absolute atomic E-state index is 0.0192. The number of aromatic hydroxyl groups is 1. The molecule has 3 rings (SSSR count). The summed E-state index contributed by atoms with van der Waals surface area (Å²) in [5.74, 6) is 0.199. The third-order valence-corrected chi connectivity index (χ3v) is 11.6. The van der Waals surface area contributed by atoms with Gasteiger partial charge in [-0.3, -0.25) is 9.59 Å². The third kappa shape index (κ3) is 5.88. The fourth-order valence-corrected chi connectivity index (χ4v) is 4.84. The maximum absolute atomic E-state index is 13.7. The van der Waals surface area contributed by atoms with Crippen LogP contribution in [0.5, 0.6) is 11.5 Å². The van der Waals surface area contributed by atoms with Gasteiger partial charge in [0.1, 0.15) is 18.1 Å². The van der Waals surface area contributed by atoms with Crippen molar-refractivity contribution in [2.24, 2.45) is 0 Å². The molecule has 0 saturated carbocycles. The van der Waals surface area contributed by atoms with Crippen LogP contribution in [0.15, 0.2) is 42.5 Å². The summed E-state index contributed by atoms with van der Waals surface area (Å²) in [4.78, 5) is 26.9. The standard InChI is InChI=1S/C27H37NO5Si/c1-27(2,3)34(4,5)33-18-20-11-6-7-13-22(20)26(31)28-16-9-8-12-21(28)19-32-25-15-10-14-24(30)23(25)17-29/h6-7,10-11,13-15,17,21,30H,8-9,12,16,18-19H2,1-5H3/t21-/m0/s1. The Morgan fingerprint density at radius 1 is 1.15 bits per heavy atom. The fourth-order valence-electron chi connectivity index (χ4n) is 3.89. The fraction of sp³-hybridized carbons (Fsp3) is 0.481. The summed E-state index contributed by atoms with van der Waals surface area (Å²) in [6.45, 7) is 12.4. The number of likely N-dealkylation sites (tertiary alicyclic amines) is 1. The number of rotatable bonds is 8. The van der Waals surface area contributed by atoms with Gasteiger partial charge in [0.05, 0.1) is 18.2 Å². The van der Waals surface area contributed by atoms with Gasteiger partial charge in [0.25, 0.3) is 5.91 Å². The second kappa shape index (κ2) is 10.7. The van der Waals surface area contributed by atoms with Crippen molar-refractivity contribution < 1.29 is 23.9 Å². The first kappa shape index (κ1) is 26.0. The molecule has 7 heteroatoms. The number of phenolic OH excluding ortho intramolecular Hbond substituents is 1. The van der Waals surface area contributed by atoms with E-state index in [0.717, 1.165) is 24.8 Å². The van der Waals surface area contributed by atoms with Gasteiger partial charge in [0, 0.05) is 12.1 Å². The normalized spacial score (nSPS) is 16.9. The van der Waals surface area contributed by atoms with Crippen molar-refractivity contribution in [2.75, 3.05) is 13.2 Å². The summed E-state index contributed by atoms with van der Waals surface area (Å²) in [6.07, 6.45) is 3.36. The highest BCUT2D eigenvalue weighted by Gasteiger charge is 2.37. The van der Waals surface area contributed by atoms with Crippen LogP contribution in [0.2, 0.25) is 18.1 Å². The van der Waals surface area contributed by atoms with Gasteiger partial charge in [-0.2, -0.15) is 0 Å². The first-order chi connectivity index (χ1) is 16.0. The Labute approximate surface area is 204 Å². The van der Waals surface area contributed by atoms with Crippen LogP contribution in [0.1, 0.15) is 66.3 Å². The van der Waals surface area contributed by atoms with E-state index >= 15 is 0 Å². The van der Waals surface area contributed by atoms with Gasteiger partial charge in [0.15, 0.2) is 14.6 Å². The minimum atomic E-state index is -1.96. The van der Waals surface area contributed by atoms with E-state index in [1.807, 2.05) is 29.2 Å². The number of carbonyl (C=O) groups is 2. The molecule has 1 heterocycles. The van der Waals surface area contributed by atoms with Gasteiger partial charge >= 0.3 is 0 Å². The number of carbonyl (C=O) groups excluding carboxylic acids is 2. The van der Waals surface area contributed by atoms with Gasteiger partial charge in [-0.1, -0.05) is 45.0 Å². The Morgan fingerprint density at radius 3 is 2.59 bits per heavy atom. The molecule has 0 aromatic heterocycles. The van der Waals surface area contributed by atoms with Crippen molar-refractivity contribution in [3.8, 4) is 11.5 Å². The van der Waals surface area contributed by atoms with E-state index in [0.29, 0.717) is 30.8 Å². The molecule has 2 aromatic carbocycles. The molecule has 1 saturated heterocycles. The van der Waals surface area contributed by atoms with E-state index in [1.54, 1.807) is 12.1 Å². The largest absolute Gasteiger partial charge is 0.507 e. The molecule has 6 nitrogen and oxygen atoms in total.